The number of hydrogen-bond acceptors (Lipinski definition) is 4. The van der Waals surface area contributed by atoms with Gasteiger partial charge in [-0.25, -0.2) is 9.97 Å². The van der Waals surface area contributed by atoms with Gasteiger partial charge >= 0.3 is 0 Å². The van der Waals surface area contributed by atoms with Crippen molar-refractivity contribution in [3.63, 3.8) is 0 Å². The quantitative estimate of drug-likeness (QED) is 0.822. The van der Waals surface area contributed by atoms with Crippen LogP contribution in [0.15, 0.2) is 42.9 Å². The van der Waals surface area contributed by atoms with Gasteiger partial charge in [0.05, 0.1) is 18.4 Å². The van der Waals surface area contributed by atoms with Crippen LogP contribution in [0.5, 0.6) is 5.75 Å². The largest absolute Gasteiger partial charge is 0.494 e. The summed E-state index contributed by atoms with van der Waals surface area (Å²) >= 11 is 0. The molecule has 0 saturated heterocycles. The molecule has 0 fully saturated rings. The van der Waals surface area contributed by atoms with Gasteiger partial charge in [-0.3, -0.25) is 0 Å². The molecule has 0 aliphatic carbocycles. The molecule has 18 heavy (non-hydrogen) atoms. The molecule has 1 heterocycles. The Bertz CT molecular complexity index is 531. The highest BCUT2D eigenvalue weighted by molar-refractivity contribution is 5.37. The van der Waals surface area contributed by atoms with Crippen LogP contribution in [0.25, 0.3) is 0 Å². The van der Waals surface area contributed by atoms with Crippen molar-refractivity contribution in [2.75, 3.05) is 6.61 Å². The Kier molecular flexibility index (Phi) is 3.87. The third-order valence-corrected chi connectivity index (χ3v) is 2.55. The smallest absolute Gasteiger partial charge is 0.119 e. The lowest BCUT2D eigenvalue weighted by Gasteiger charge is -2.09. The van der Waals surface area contributed by atoms with Crippen molar-refractivity contribution in [2.45, 2.75) is 12.8 Å². The highest BCUT2D eigenvalue weighted by Crippen LogP contribution is 2.23. The molecule has 0 saturated carbocycles. The summed E-state index contributed by atoms with van der Waals surface area (Å²) in [5, 5.41) is 9.26. The number of benzene rings is 1. The minimum absolute atomic E-state index is 0.372. The normalized spacial score (nSPS) is 11.6. The van der Waals surface area contributed by atoms with Crippen LogP contribution in [0.2, 0.25) is 0 Å². The number of hydrogen-bond donors (Lipinski definition) is 0. The number of nitrogens with zero attached hydrogens (tertiary/aromatic N) is 3. The summed E-state index contributed by atoms with van der Waals surface area (Å²) in [4.78, 5) is 7.97. The lowest BCUT2D eigenvalue weighted by atomic mass is 9.97. The lowest BCUT2D eigenvalue weighted by Crippen LogP contribution is -2.01. The highest BCUT2D eigenvalue weighted by atomic mass is 16.5. The van der Waals surface area contributed by atoms with Crippen molar-refractivity contribution in [2.24, 2.45) is 0 Å². The van der Waals surface area contributed by atoms with E-state index in [1.807, 2.05) is 31.2 Å². The maximum absolute atomic E-state index is 9.26. The van der Waals surface area contributed by atoms with Gasteiger partial charge in [0.25, 0.3) is 0 Å². The van der Waals surface area contributed by atoms with Crippen molar-refractivity contribution in [1.82, 2.24) is 9.97 Å². The van der Waals surface area contributed by atoms with Crippen molar-refractivity contribution in [3.05, 3.63) is 54.1 Å². The predicted molar refractivity (Wildman–Crippen MR) is 67.1 cm³/mol. The second-order valence-corrected chi connectivity index (χ2v) is 3.70. The standard InChI is InChI=1S/C14H13N3O/c1-2-18-12-5-3-11(4-6-12)13(9-15)14-7-8-16-10-17-14/h3-8,10,13H,2H2,1H3. The monoisotopic (exact) mass is 239 g/mol. The molecule has 4 nitrogen and oxygen atoms in total. The molecule has 4 heteroatoms. The summed E-state index contributed by atoms with van der Waals surface area (Å²) in [7, 11) is 0. The summed E-state index contributed by atoms with van der Waals surface area (Å²) in [5.74, 6) is 0.435. The molecule has 1 aromatic carbocycles. The topological polar surface area (TPSA) is 58.8 Å². The van der Waals surface area contributed by atoms with E-state index in [-0.39, 0.29) is 5.92 Å². The number of ether oxygens (including phenoxy) is 1. The number of aromatic nitrogens is 2. The summed E-state index contributed by atoms with van der Waals surface area (Å²) in [6.07, 6.45) is 3.09. The fourth-order valence-electron chi connectivity index (χ4n) is 1.71. The van der Waals surface area contributed by atoms with Crippen LogP contribution in [0.1, 0.15) is 24.1 Å². The first-order valence-corrected chi connectivity index (χ1v) is 5.73. The van der Waals surface area contributed by atoms with Gasteiger partial charge in [-0.15, -0.1) is 0 Å². The van der Waals surface area contributed by atoms with Gasteiger partial charge in [-0.1, -0.05) is 12.1 Å². The summed E-state index contributed by atoms with van der Waals surface area (Å²) < 4.78 is 5.37. The minimum atomic E-state index is -0.372. The van der Waals surface area contributed by atoms with Crippen LogP contribution in [0.4, 0.5) is 0 Å². The first-order valence-electron chi connectivity index (χ1n) is 5.73. The molecule has 0 aliphatic rings. The maximum atomic E-state index is 9.26. The van der Waals surface area contributed by atoms with Crippen molar-refractivity contribution < 1.29 is 4.74 Å². The Morgan fingerprint density at radius 1 is 1.28 bits per heavy atom. The van der Waals surface area contributed by atoms with Crippen LogP contribution in [-0.2, 0) is 0 Å². The highest BCUT2D eigenvalue weighted by Gasteiger charge is 2.14. The molecule has 1 unspecified atom stereocenters. The van der Waals surface area contributed by atoms with Crippen molar-refractivity contribution in [3.8, 4) is 11.8 Å². The van der Waals surface area contributed by atoms with Gasteiger partial charge in [0.2, 0.25) is 0 Å². The molecule has 2 rings (SSSR count). The van der Waals surface area contributed by atoms with E-state index in [0.717, 1.165) is 11.3 Å². The molecular weight excluding hydrogens is 226 g/mol. The van der Waals surface area contributed by atoms with Gasteiger partial charge in [-0.2, -0.15) is 5.26 Å². The first-order chi connectivity index (χ1) is 8.85. The number of nitriles is 1. The third-order valence-electron chi connectivity index (χ3n) is 2.55. The Balaban J connectivity index is 2.26. The van der Waals surface area contributed by atoms with E-state index in [2.05, 4.69) is 16.0 Å². The fraction of sp³-hybridized carbons (Fsp3) is 0.214. The number of rotatable bonds is 4. The second-order valence-electron chi connectivity index (χ2n) is 3.70. The Labute approximate surface area is 106 Å². The summed E-state index contributed by atoms with van der Waals surface area (Å²) in [5.41, 5.74) is 1.61. The van der Waals surface area contributed by atoms with Gasteiger partial charge in [0.1, 0.15) is 18.0 Å². The molecule has 0 aliphatic heterocycles. The molecule has 2 aromatic rings. The average molecular weight is 239 g/mol. The zero-order valence-electron chi connectivity index (χ0n) is 10.1. The second kappa shape index (κ2) is 5.78. The molecule has 0 amide bonds. The Morgan fingerprint density at radius 3 is 2.61 bits per heavy atom. The Morgan fingerprint density at radius 2 is 2.06 bits per heavy atom. The molecule has 1 atom stereocenters. The third kappa shape index (κ3) is 2.64. The molecule has 90 valence electrons. The molecule has 0 spiro atoms. The fourth-order valence-corrected chi connectivity index (χ4v) is 1.71. The zero-order valence-corrected chi connectivity index (χ0v) is 10.1. The molecule has 0 bridgehead atoms. The lowest BCUT2D eigenvalue weighted by molar-refractivity contribution is 0.340. The zero-order chi connectivity index (χ0) is 12.8. The van der Waals surface area contributed by atoms with Crippen LogP contribution >= 0.6 is 0 Å². The van der Waals surface area contributed by atoms with Crippen LogP contribution < -0.4 is 4.74 Å². The summed E-state index contributed by atoms with van der Waals surface area (Å²) in [6.45, 7) is 2.57. The molecule has 0 N–H and O–H groups in total. The van der Waals surface area contributed by atoms with E-state index in [9.17, 15) is 5.26 Å². The van der Waals surface area contributed by atoms with E-state index in [0.29, 0.717) is 12.3 Å². The van der Waals surface area contributed by atoms with Gasteiger partial charge in [-0.05, 0) is 30.7 Å². The minimum Gasteiger partial charge on any atom is -0.494 e. The van der Waals surface area contributed by atoms with Gasteiger partial charge in [0.15, 0.2) is 0 Å². The van der Waals surface area contributed by atoms with Crippen LogP contribution in [-0.4, -0.2) is 16.6 Å². The van der Waals surface area contributed by atoms with E-state index in [1.54, 1.807) is 12.3 Å². The van der Waals surface area contributed by atoms with Crippen LogP contribution in [0.3, 0.4) is 0 Å². The molecule has 1 aromatic heterocycles. The SMILES string of the molecule is CCOc1ccc(C(C#N)c2ccncn2)cc1. The summed E-state index contributed by atoms with van der Waals surface area (Å²) in [6, 6.07) is 11.5. The predicted octanol–water partition coefficient (Wildman–Crippen LogP) is 2.53. The average Bonchev–Trinajstić information content (AvgIpc) is 2.43. The van der Waals surface area contributed by atoms with Crippen LogP contribution in [0, 0.1) is 11.3 Å². The van der Waals surface area contributed by atoms with Crippen molar-refractivity contribution in [1.29, 1.82) is 5.26 Å². The van der Waals surface area contributed by atoms with E-state index in [4.69, 9.17) is 4.74 Å². The van der Waals surface area contributed by atoms with Crippen molar-refractivity contribution >= 4 is 0 Å². The maximum Gasteiger partial charge on any atom is 0.119 e. The van der Waals surface area contributed by atoms with E-state index >= 15 is 0 Å². The van der Waals surface area contributed by atoms with Gasteiger partial charge in [0, 0.05) is 6.20 Å². The first kappa shape index (κ1) is 12.1. The Hall–Kier alpha value is -2.41. The molecular formula is C14H13N3O. The van der Waals surface area contributed by atoms with Gasteiger partial charge < -0.3 is 4.74 Å². The van der Waals surface area contributed by atoms with E-state index in [1.165, 1.54) is 6.33 Å². The molecule has 0 radical (unpaired) electrons. The van der Waals surface area contributed by atoms with E-state index < -0.39 is 0 Å².